The van der Waals surface area contributed by atoms with E-state index in [1.54, 1.807) is 4.68 Å². The van der Waals surface area contributed by atoms with Crippen LogP contribution in [0.4, 0.5) is 8.78 Å². The first-order valence-electron chi connectivity index (χ1n) is 11.9. The second-order valence-electron chi connectivity index (χ2n) is 9.34. The summed E-state index contributed by atoms with van der Waals surface area (Å²) in [6, 6.07) is 10.9. The van der Waals surface area contributed by atoms with E-state index in [-0.39, 0.29) is 18.7 Å². The molecular weight excluding hydrogens is 502 g/mol. The minimum atomic E-state index is -1.61. The molecule has 0 aliphatic carbocycles. The molecule has 37 heavy (non-hydrogen) atoms. The third-order valence-electron chi connectivity index (χ3n) is 6.50. The number of β-amino-alcohol motifs (C(OH)–C–C–N with tert-alkyl or cyclic N) is 1. The quantitative estimate of drug-likeness (QED) is 0.357. The third kappa shape index (κ3) is 6.37. The van der Waals surface area contributed by atoms with E-state index in [9.17, 15) is 13.9 Å². The predicted octanol–water partition coefficient (Wildman–Crippen LogP) is 2.56. The molecule has 0 saturated carbocycles. The van der Waals surface area contributed by atoms with Crippen LogP contribution in [0.3, 0.4) is 0 Å². The minimum absolute atomic E-state index is 0.00745. The Bertz CT molecular complexity index is 1310. The van der Waals surface area contributed by atoms with Crippen LogP contribution in [0.2, 0.25) is 5.02 Å². The zero-order valence-corrected chi connectivity index (χ0v) is 20.8. The van der Waals surface area contributed by atoms with Crippen LogP contribution in [0.25, 0.3) is 0 Å². The Morgan fingerprint density at radius 3 is 2.38 bits per heavy atom. The van der Waals surface area contributed by atoms with Crippen molar-refractivity contribution in [2.75, 3.05) is 32.7 Å². The maximum atomic E-state index is 14.7. The first-order valence-corrected chi connectivity index (χ1v) is 12.3. The maximum absolute atomic E-state index is 14.7. The van der Waals surface area contributed by atoms with Crippen LogP contribution < -0.4 is 0 Å². The molecule has 1 fully saturated rings. The highest BCUT2D eigenvalue weighted by Gasteiger charge is 2.36. The number of piperazine rings is 1. The Kier molecular flexibility index (Phi) is 7.56. The zero-order chi connectivity index (χ0) is 25.8. The zero-order valence-electron chi connectivity index (χ0n) is 20.1. The number of hydrogen-bond acceptors (Lipinski definition) is 7. The number of benzene rings is 2. The van der Waals surface area contributed by atoms with Crippen LogP contribution in [0.1, 0.15) is 16.8 Å². The average molecular weight is 529 g/mol. The lowest BCUT2D eigenvalue weighted by Gasteiger charge is -2.39. The summed E-state index contributed by atoms with van der Waals surface area (Å²) in [7, 11) is 0. The van der Waals surface area contributed by atoms with Crippen molar-refractivity contribution in [3.8, 4) is 0 Å². The highest BCUT2D eigenvalue weighted by atomic mass is 35.5. The topological polar surface area (TPSA) is 88.1 Å². The predicted molar refractivity (Wildman–Crippen MR) is 133 cm³/mol. The molecule has 1 atom stereocenters. The largest absolute Gasteiger partial charge is 0.382 e. The van der Waals surface area contributed by atoms with Gasteiger partial charge in [0.05, 0.1) is 25.0 Å². The molecule has 1 aliphatic rings. The van der Waals surface area contributed by atoms with Crippen LogP contribution in [-0.4, -0.2) is 77.4 Å². The molecule has 194 valence electrons. The van der Waals surface area contributed by atoms with Crippen molar-refractivity contribution in [3.05, 3.63) is 94.8 Å². The van der Waals surface area contributed by atoms with Crippen LogP contribution in [0, 0.1) is 11.6 Å². The number of rotatable bonds is 9. The van der Waals surface area contributed by atoms with Crippen molar-refractivity contribution in [1.29, 1.82) is 0 Å². The van der Waals surface area contributed by atoms with E-state index in [1.807, 2.05) is 30.5 Å². The van der Waals surface area contributed by atoms with Crippen molar-refractivity contribution in [2.24, 2.45) is 0 Å². The van der Waals surface area contributed by atoms with E-state index in [4.69, 9.17) is 11.6 Å². The average Bonchev–Trinajstić information content (AvgIpc) is 3.54. The Morgan fingerprint density at radius 2 is 1.68 bits per heavy atom. The van der Waals surface area contributed by atoms with Crippen molar-refractivity contribution < 1.29 is 13.9 Å². The Morgan fingerprint density at radius 1 is 0.919 bits per heavy atom. The van der Waals surface area contributed by atoms with Crippen LogP contribution in [-0.2, 0) is 25.2 Å². The fourth-order valence-electron chi connectivity index (χ4n) is 4.64. The maximum Gasteiger partial charge on any atom is 0.137 e. The molecule has 5 rings (SSSR count). The molecule has 4 aromatic rings. The molecule has 0 amide bonds. The van der Waals surface area contributed by atoms with Gasteiger partial charge in [-0.1, -0.05) is 35.0 Å². The van der Waals surface area contributed by atoms with Crippen molar-refractivity contribution in [3.63, 3.8) is 0 Å². The monoisotopic (exact) mass is 528 g/mol. The Balaban J connectivity index is 1.19. The van der Waals surface area contributed by atoms with Gasteiger partial charge < -0.3 is 5.11 Å². The summed E-state index contributed by atoms with van der Waals surface area (Å²) in [6.45, 7) is 4.26. The van der Waals surface area contributed by atoms with Gasteiger partial charge in [0.2, 0.25) is 0 Å². The van der Waals surface area contributed by atoms with E-state index in [1.165, 1.54) is 23.4 Å². The first kappa shape index (κ1) is 25.4. The minimum Gasteiger partial charge on any atom is -0.382 e. The van der Waals surface area contributed by atoms with Gasteiger partial charge in [-0.3, -0.25) is 9.80 Å². The van der Waals surface area contributed by atoms with Gasteiger partial charge in [-0.2, -0.15) is 5.10 Å². The Labute approximate surface area is 217 Å². The molecule has 9 nitrogen and oxygen atoms in total. The molecule has 12 heteroatoms. The summed E-state index contributed by atoms with van der Waals surface area (Å²) in [5.74, 6) is -1.48. The molecule has 1 saturated heterocycles. The highest BCUT2D eigenvalue weighted by Crippen LogP contribution is 2.28. The van der Waals surface area contributed by atoms with E-state index in [0.29, 0.717) is 31.2 Å². The third-order valence-corrected chi connectivity index (χ3v) is 6.75. The van der Waals surface area contributed by atoms with E-state index in [2.05, 4.69) is 30.2 Å². The van der Waals surface area contributed by atoms with Gasteiger partial charge in [-0.05, 0) is 23.8 Å². The molecule has 1 unspecified atom stereocenters. The van der Waals surface area contributed by atoms with Gasteiger partial charge in [0, 0.05) is 55.9 Å². The van der Waals surface area contributed by atoms with Gasteiger partial charge in [0.15, 0.2) is 0 Å². The molecule has 0 bridgehead atoms. The first-order chi connectivity index (χ1) is 17.9. The summed E-state index contributed by atoms with van der Waals surface area (Å²) in [5, 5.41) is 24.9. The molecule has 3 heterocycles. The second-order valence-corrected chi connectivity index (χ2v) is 9.77. The standard InChI is InChI=1S/C25H27ClF2N8O/c26-20-3-1-19(2-4-20)12-35-14-22(31-32-35)13-33-7-9-34(10-8-33)15-25(37,16-36-18-29-17-30-36)23-6-5-21(27)11-24(23)28/h1-6,11,14,17-18,37H,7-10,12-13,15-16H2. The fourth-order valence-corrected chi connectivity index (χ4v) is 4.77. The lowest BCUT2D eigenvalue weighted by molar-refractivity contribution is -0.0324. The summed E-state index contributed by atoms with van der Waals surface area (Å²) < 4.78 is 31.5. The number of hydrogen-bond donors (Lipinski definition) is 1. The number of halogens is 3. The van der Waals surface area contributed by atoms with Crippen LogP contribution in [0.15, 0.2) is 61.3 Å². The number of nitrogens with zero attached hydrogens (tertiary/aromatic N) is 8. The van der Waals surface area contributed by atoms with Gasteiger partial charge in [-0.15, -0.1) is 5.10 Å². The van der Waals surface area contributed by atoms with Gasteiger partial charge in [-0.25, -0.2) is 23.1 Å². The van der Waals surface area contributed by atoms with Crippen molar-refractivity contribution >= 4 is 11.6 Å². The molecule has 0 spiro atoms. The van der Waals surface area contributed by atoms with Crippen molar-refractivity contribution in [1.82, 2.24) is 39.6 Å². The normalized spacial score (nSPS) is 16.6. The van der Waals surface area contributed by atoms with Crippen LogP contribution in [0.5, 0.6) is 0 Å². The van der Waals surface area contributed by atoms with E-state index >= 15 is 0 Å². The van der Waals surface area contributed by atoms with Crippen LogP contribution >= 0.6 is 11.6 Å². The fraction of sp³-hybridized carbons (Fsp3) is 0.360. The Hall–Kier alpha value is -3.25. The SMILES string of the molecule is OC(CN1CCN(Cc2cn(Cc3ccc(Cl)cc3)nn2)CC1)(Cn1cncn1)c1ccc(F)cc1F. The molecule has 1 aliphatic heterocycles. The molecule has 1 N–H and O–H groups in total. The second kappa shape index (κ2) is 11.0. The van der Waals surface area contributed by atoms with Gasteiger partial charge >= 0.3 is 0 Å². The van der Waals surface area contributed by atoms with Gasteiger partial charge in [0.25, 0.3) is 0 Å². The molecular formula is C25H27ClF2N8O. The molecule has 0 radical (unpaired) electrons. The van der Waals surface area contributed by atoms with E-state index < -0.39 is 17.2 Å². The number of aromatic nitrogens is 6. The molecule has 2 aromatic carbocycles. The lowest BCUT2D eigenvalue weighted by Crippen LogP contribution is -2.52. The van der Waals surface area contributed by atoms with Crippen molar-refractivity contribution in [2.45, 2.75) is 25.2 Å². The summed E-state index contributed by atoms with van der Waals surface area (Å²) >= 11 is 5.95. The molecule has 2 aromatic heterocycles. The smallest absolute Gasteiger partial charge is 0.137 e. The summed E-state index contributed by atoms with van der Waals surface area (Å²) in [5.41, 5.74) is 0.380. The van der Waals surface area contributed by atoms with Gasteiger partial charge in [0.1, 0.15) is 29.9 Å². The summed E-state index contributed by atoms with van der Waals surface area (Å²) in [4.78, 5) is 8.25. The highest BCUT2D eigenvalue weighted by molar-refractivity contribution is 6.30. The van der Waals surface area contributed by atoms with E-state index in [0.717, 1.165) is 36.5 Å². The summed E-state index contributed by atoms with van der Waals surface area (Å²) in [6.07, 6.45) is 4.76. The lowest BCUT2D eigenvalue weighted by atomic mass is 9.92. The number of aliphatic hydroxyl groups is 1.